The fourth-order valence-corrected chi connectivity index (χ4v) is 4.09. The lowest BCUT2D eigenvalue weighted by molar-refractivity contribution is 0.748. The number of aryl methyl sites for hydroxylation is 2. The number of unbranched alkanes of at least 4 members (excludes halogenated alkanes) is 2. The average molecular weight is 372 g/mol. The van der Waals surface area contributed by atoms with Gasteiger partial charge in [-0.3, -0.25) is 4.98 Å². The Morgan fingerprint density at radius 2 is 1.86 bits per heavy atom. The van der Waals surface area contributed by atoms with Crippen molar-refractivity contribution in [2.75, 3.05) is 6.54 Å². The normalized spacial score (nSPS) is 11.5. The molecule has 0 aliphatic rings. The Kier molecular flexibility index (Phi) is 5.73. The Labute approximate surface area is 167 Å². The third-order valence-electron chi connectivity index (χ3n) is 5.59. The van der Waals surface area contributed by atoms with E-state index >= 15 is 0 Å². The van der Waals surface area contributed by atoms with Crippen molar-refractivity contribution < 1.29 is 0 Å². The molecule has 0 aliphatic heterocycles. The van der Waals surface area contributed by atoms with E-state index in [-0.39, 0.29) is 0 Å². The van der Waals surface area contributed by atoms with Crippen LogP contribution in [-0.4, -0.2) is 16.5 Å². The molecule has 28 heavy (non-hydrogen) atoms. The molecule has 0 saturated carbocycles. The number of nitrogens with zero attached hydrogens (tertiary/aromatic N) is 1. The van der Waals surface area contributed by atoms with E-state index in [4.69, 9.17) is 5.73 Å². The van der Waals surface area contributed by atoms with Gasteiger partial charge in [-0.25, -0.2) is 0 Å². The van der Waals surface area contributed by atoms with E-state index in [0.717, 1.165) is 37.7 Å². The number of rotatable bonds is 8. The first-order chi connectivity index (χ1) is 13.8. The molecule has 3 N–H and O–H groups in total. The molecule has 0 saturated heterocycles. The highest BCUT2D eigenvalue weighted by atomic mass is 14.7. The predicted octanol–water partition coefficient (Wildman–Crippen LogP) is 6.01. The van der Waals surface area contributed by atoms with E-state index in [1.165, 1.54) is 51.5 Å². The highest BCUT2D eigenvalue weighted by Crippen LogP contribution is 2.35. The van der Waals surface area contributed by atoms with Crippen LogP contribution in [-0.2, 0) is 12.8 Å². The van der Waals surface area contributed by atoms with Crippen LogP contribution in [0.4, 0.5) is 0 Å². The van der Waals surface area contributed by atoms with Crippen molar-refractivity contribution in [1.29, 1.82) is 0 Å². The number of hydrogen-bond donors (Lipinski definition) is 2. The maximum absolute atomic E-state index is 5.77. The van der Waals surface area contributed by atoms with E-state index in [1.807, 2.05) is 12.3 Å². The molecule has 3 nitrogen and oxygen atoms in total. The number of H-pyrrole nitrogens is 1. The third kappa shape index (κ3) is 3.67. The number of nitrogens with one attached hydrogen (secondary N) is 1. The summed E-state index contributed by atoms with van der Waals surface area (Å²) in [5, 5.41) is 2.56. The van der Waals surface area contributed by atoms with Gasteiger partial charge in [0.15, 0.2) is 0 Å². The second kappa shape index (κ2) is 8.57. The van der Waals surface area contributed by atoms with Crippen LogP contribution in [0, 0.1) is 0 Å². The van der Waals surface area contributed by atoms with Gasteiger partial charge in [-0.2, -0.15) is 0 Å². The Morgan fingerprint density at radius 1 is 0.929 bits per heavy atom. The molecule has 4 aromatic rings. The van der Waals surface area contributed by atoms with E-state index in [9.17, 15) is 0 Å². The summed E-state index contributed by atoms with van der Waals surface area (Å²) in [5.74, 6) is 0. The molecule has 0 bridgehead atoms. The van der Waals surface area contributed by atoms with E-state index < -0.39 is 0 Å². The molecule has 0 atom stereocenters. The molecule has 3 heteroatoms. The van der Waals surface area contributed by atoms with Crippen molar-refractivity contribution in [3.8, 4) is 11.3 Å². The second-order valence-electron chi connectivity index (χ2n) is 7.58. The van der Waals surface area contributed by atoms with Crippen LogP contribution in [0.3, 0.4) is 0 Å². The van der Waals surface area contributed by atoms with E-state index in [1.54, 1.807) is 0 Å². The Balaban J connectivity index is 1.87. The lowest BCUT2D eigenvalue weighted by Crippen LogP contribution is -1.99. The Bertz CT molecular complexity index is 1070. The molecule has 0 aliphatic carbocycles. The van der Waals surface area contributed by atoms with Crippen LogP contribution >= 0.6 is 0 Å². The van der Waals surface area contributed by atoms with Crippen LogP contribution in [0.1, 0.15) is 43.7 Å². The van der Waals surface area contributed by atoms with Crippen molar-refractivity contribution in [2.24, 2.45) is 5.73 Å². The minimum absolute atomic E-state index is 0.748. The van der Waals surface area contributed by atoms with Crippen molar-refractivity contribution in [1.82, 2.24) is 9.97 Å². The SMILES string of the molecule is CCCCc1ccc2[nH]c(-c3cccc4ncccc34)c(CCCCN)c2c1. The zero-order valence-electron chi connectivity index (χ0n) is 16.7. The third-order valence-corrected chi connectivity index (χ3v) is 5.59. The summed E-state index contributed by atoms with van der Waals surface area (Å²) >= 11 is 0. The first kappa shape index (κ1) is 18.7. The van der Waals surface area contributed by atoms with Gasteiger partial charge in [0.1, 0.15) is 0 Å². The number of benzene rings is 2. The van der Waals surface area contributed by atoms with Crippen LogP contribution < -0.4 is 5.73 Å². The lowest BCUT2D eigenvalue weighted by Gasteiger charge is -2.09. The van der Waals surface area contributed by atoms with Crippen molar-refractivity contribution in [3.63, 3.8) is 0 Å². The maximum Gasteiger partial charge on any atom is 0.0708 e. The first-order valence-corrected chi connectivity index (χ1v) is 10.5. The van der Waals surface area contributed by atoms with Crippen molar-refractivity contribution in [3.05, 3.63) is 65.9 Å². The van der Waals surface area contributed by atoms with Crippen LogP contribution in [0.5, 0.6) is 0 Å². The summed E-state index contributed by atoms with van der Waals surface area (Å²) < 4.78 is 0. The Hall–Kier alpha value is -2.65. The molecular formula is C25H29N3. The smallest absolute Gasteiger partial charge is 0.0708 e. The highest BCUT2D eigenvalue weighted by molar-refractivity contribution is 5.99. The van der Waals surface area contributed by atoms with Gasteiger partial charge >= 0.3 is 0 Å². The molecule has 4 rings (SSSR count). The van der Waals surface area contributed by atoms with E-state index in [0.29, 0.717) is 0 Å². The van der Waals surface area contributed by atoms with Gasteiger partial charge in [0, 0.05) is 28.0 Å². The number of aromatic amines is 1. The topological polar surface area (TPSA) is 54.7 Å². The minimum Gasteiger partial charge on any atom is -0.354 e. The summed E-state index contributed by atoms with van der Waals surface area (Å²) in [7, 11) is 0. The summed E-state index contributed by atoms with van der Waals surface area (Å²) in [5.41, 5.74) is 13.3. The quantitative estimate of drug-likeness (QED) is 0.373. The van der Waals surface area contributed by atoms with Gasteiger partial charge < -0.3 is 10.7 Å². The highest BCUT2D eigenvalue weighted by Gasteiger charge is 2.15. The molecule has 0 amide bonds. The first-order valence-electron chi connectivity index (χ1n) is 10.5. The minimum atomic E-state index is 0.748. The van der Waals surface area contributed by atoms with Gasteiger partial charge in [0.05, 0.1) is 11.2 Å². The van der Waals surface area contributed by atoms with Crippen molar-refractivity contribution in [2.45, 2.75) is 45.4 Å². The lowest BCUT2D eigenvalue weighted by atomic mass is 9.96. The fourth-order valence-electron chi connectivity index (χ4n) is 4.09. The summed E-state index contributed by atoms with van der Waals surface area (Å²) in [6.45, 7) is 3.00. The van der Waals surface area contributed by atoms with Gasteiger partial charge in [0.25, 0.3) is 0 Å². The average Bonchev–Trinajstić information content (AvgIpc) is 3.09. The standard InChI is InChI=1S/C25H29N3/c1-2-3-8-18-13-14-24-22(17-18)21(9-4-5-15-26)25(28-24)20-10-6-12-23-19(20)11-7-16-27-23/h6-7,10-14,16-17,28H,2-5,8-9,15,26H2,1H3. The molecule has 0 fully saturated rings. The zero-order chi connectivity index (χ0) is 19.3. The maximum atomic E-state index is 5.77. The molecule has 0 radical (unpaired) electrons. The fraction of sp³-hybridized carbons (Fsp3) is 0.320. The van der Waals surface area contributed by atoms with Gasteiger partial charge in [-0.1, -0.05) is 37.6 Å². The second-order valence-corrected chi connectivity index (χ2v) is 7.58. The van der Waals surface area contributed by atoms with Crippen LogP contribution in [0.15, 0.2) is 54.7 Å². The number of pyridine rings is 1. The monoisotopic (exact) mass is 371 g/mol. The number of nitrogens with two attached hydrogens (primary N) is 1. The van der Waals surface area contributed by atoms with Gasteiger partial charge in [0.2, 0.25) is 0 Å². The molecule has 2 heterocycles. The Morgan fingerprint density at radius 3 is 2.71 bits per heavy atom. The van der Waals surface area contributed by atoms with Gasteiger partial charge in [-0.15, -0.1) is 0 Å². The van der Waals surface area contributed by atoms with E-state index in [2.05, 4.69) is 59.4 Å². The number of hydrogen-bond acceptors (Lipinski definition) is 2. The van der Waals surface area contributed by atoms with Crippen molar-refractivity contribution >= 4 is 21.8 Å². The van der Waals surface area contributed by atoms with Crippen LogP contribution in [0.2, 0.25) is 0 Å². The predicted molar refractivity (Wildman–Crippen MR) is 120 cm³/mol. The van der Waals surface area contributed by atoms with Crippen LogP contribution in [0.25, 0.3) is 33.1 Å². The summed E-state index contributed by atoms with van der Waals surface area (Å²) in [6.07, 6.45) is 8.67. The summed E-state index contributed by atoms with van der Waals surface area (Å²) in [6, 6.07) is 17.5. The molecule has 0 unspecified atom stereocenters. The molecule has 2 aromatic heterocycles. The molecule has 0 spiro atoms. The number of aromatic nitrogens is 2. The number of fused-ring (bicyclic) bond motifs is 2. The van der Waals surface area contributed by atoms with Gasteiger partial charge in [-0.05, 0) is 74.0 Å². The zero-order valence-corrected chi connectivity index (χ0v) is 16.7. The molecular weight excluding hydrogens is 342 g/mol. The molecule has 2 aromatic carbocycles. The largest absolute Gasteiger partial charge is 0.354 e. The summed E-state index contributed by atoms with van der Waals surface area (Å²) in [4.78, 5) is 8.27. The molecule has 144 valence electrons.